The van der Waals surface area contributed by atoms with Crippen LogP contribution in [0, 0.1) is 0 Å². The van der Waals surface area contributed by atoms with Gasteiger partial charge in [0, 0.05) is 0 Å². The van der Waals surface area contributed by atoms with Crippen LogP contribution in [0.15, 0.2) is 22.8 Å². The van der Waals surface area contributed by atoms with E-state index in [0.717, 1.165) is 0 Å². The summed E-state index contributed by atoms with van der Waals surface area (Å²) in [5.74, 6) is 0. The minimum atomic E-state index is 1.22. The van der Waals surface area contributed by atoms with E-state index in [1.807, 2.05) is 13.8 Å². The van der Waals surface area contributed by atoms with Crippen LogP contribution < -0.4 is 0 Å². The van der Waals surface area contributed by atoms with E-state index < -0.39 is 0 Å². The van der Waals surface area contributed by atoms with E-state index in [9.17, 15) is 0 Å². The molecule has 0 saturated carbocycles. The predicted molar refractivity (Wildman–Crippen MR) is 71.2 cm³/mol. The SMILES string of the molecule is CC.CCCC1=C(CC)CCC=C1CC. The van der Waals surface area contributed by atoms with Crippen molar-refractivity contribution < 1.29 is 0 Å². The Balaban J connectivity index is 0.000000921. The van der Waals surface area contributed by atoms with Gasteiger partial charge in [0.05, 0.1) is 0 Å². The van der Waals surface area contributed by atoms with Crippen molar-refractivity contribution in [1.29, 1.82) is 0 Å². The first-order valence-corrected chi connectivity index (χ1v) is 6.73. The summed E-state index contributed by atoms with van der Waals surface area (Å²) in [5.41, 5.74) is 5.05. The molecule has 15 heavy (non-hydrogen) atoms. The van der Waals surface area contributed by atoms with Gasteiger partial charge in [-0.05, 0) is 43.3 Å². The molecule has 0 bridgehead atoms. The molecule has 0 aromatic carbocycles. The second-order valence-corrected chi connectivity index (χ2v) is 3.81. The highest BCUT2D eigenvalue weighted by Gasteiger charge is 2.12. The molecule has 0 radical (unpaired) electrons. The Morgan fingerprint density at radius 2 is 1.73 bits per heavy atom. The molecule has 1 aliphatic rings. The van der Waals surface area contributed by atoms with Gasteiger partial charge in [0.25, 0.3) is 0 Å². The smallest absolute Gasteiger partial charge is 0.0279 e. The van der Waals surface area contributed by atoms with Crippen molar-refractivity contribution in [2.24, 2.45) is 0 Å². The molecule has 1 rings (SSSR count). The van der Waals surface area contributed by atoms with Crippen molar-refractivity contribution in [3.05, 3.63) is 22.8 Å². The number of rotatable bonds is 4. The van der Waals surface area contributed by atoms with Gasteiger partial charge < -0.3 is 0 Å². The molecule has 88 valence electrons. The molecule has 0 unspecified atom stereocenters. The molecule has 0 fully saturated rings. The zero-order valence-corrected chi connectivity index (χ0v) is 11.3. The standard InChI is InChI=1S/C13H22.C2H6/c1-4-8-13-11(5-2)9-7-10-12(13)6-3;1-2/h9H,4-8,10H2,1-3H3;1-2H3. The molecule has 0 aromatic heterocycles. The largest absolute Gasteiger partial charge is 0.0807 e. The molecule has 0 spiro atoms. The number of hydrogen-bond acceptors (Lipinski definition) is 0. The molecular weight excluding hydrogens is 180 g/mol. The Morgan fingerprint density at radius 1 is 1.07 bits per heavy atom. The van der Waals surface area contributed by atoms with E-state index in [1.165, 1.54) is 38.5 Å². The average Bonchev–Trinajstić information content (AvgIpc) is 2.32. The van der Waals surface area contributed by atoms with Crippen LogP contribution in [0.3, 0.4) is 0 Å². The van der Waals surface area contributed by atoms with Crippen molar-refractivity contribution in [2.45, 2.75) is 73.1 Å². The van der Waals surface area contributed by atoms with Crippen LogP contribution in [0.1, 0.15) is 73.1 Å². The lowest BCUT2D eigenvalue weighted by molar-refractivity contribution is 0.790. The molecular formula is C15H28. The van der Waals surface area contributed by atoms with E-state index in [4.69, 9.17) is 0 Å². The van der Waals surface area contributed by atoms with Crippen molar-refractivity contribution in [3.63, 3.8) is 0 Å². The third-order valence-electron chi connectivity index (χ3n) is 2.96. The zero-order chi connectivity index (χ0) is 11.7. The molecule has 0 atom stereocenters. The Hall–Kier alpha value is -0.520. The van der Waals surface area contributed by atoms with Crippen molar-refractivity contribution in [3.8, 4) is 0 Å². The number of hydrogen-bond donors (Lipinski definition) is 0. The average molecular weight is 208 g/mol. The summed E-state index contributed by atoms with van der Waals surface area (Å²) in [5, 5.41) is 0. The zero-order valence-electron chi connectivity index (χ0n) is 11.3. The molecule has 1 aliphatic carbocycles. The lowest BCUT2D eigenvalue weighted by Crippen LogP contribution is -2.00. The Morgan fingerprint density at radius 3 is 2.20 bits per heavy atom. The Bertz CT molecular complexity index is 218. The molecule has 0 heterocycles. The summed E-state index contributed by atoms with van der Waals surface area (Å²) < 4.78 is 0. The van der Waals surface area contributed by atoms with Gasteiger partial charge in [-0.1, -0.05) is 52.7 Å². The van der Waals surface area contributed by atoms with Crippen LogP contribution >= 0.6 is 0 Å². The molecule has 0 amide bonds. The summed E-state index contributed by atoms with van der Waals surface area (Å²) in [6.45, 7) is 10.9. The van der Waals surface area contributed by atoms with Crippen LogP contribution in [0.25, 0.3) is 0 Å². The fourth-order valence-corrected chi connectivity index (χ4v) is 2.26. The number of allylic oxidation sites excluding steroid dienone is 4. The topological polar surface area (TPSA) is 0 Å². The van der Waals surface area contributed by atoms with Crippen molar-refractivity contribution >= 4 is 0 Å². The Labute approximate surface area is 96.5 Å². The van der Waals surface area contributed by atoms with Crippen LogP contribution in [-0.2, 0) is 0 Å². The third-order valence-corrected chi connectivity index (χ3v) is 2.96. The first-order chi connectivity index (χ1) is 7.33. The van der Waals surface area contributed by atoms with Gasteiger partial charge in [-0.15, -0.1) is 0 Å². The van der Waals surface area contributed by atoms with Gasteiger partial charge in [-0.3, -0.25) is 0 Å². The highest BCUT2D eigenvalue weighted by atomic mass is 14.2. The molecule has 0 aliphatic heterocycles. The predicted octanol–water partition coefficient (Wildman–Crippen LogP) is 5.65. The van der Waals surface area contributed by atoms with Gasteiger partial charge in [0.15, 0.2) is 0 Å². The van der Waals surface area contributed by atoms with E-state index >= 15 is 0 Å². The summed E-state index contributed by atoms with van der Waals surface area (Å²) >= 11 is 0. The lowest BCUT2D eigenvalue weighted by atomic mass is 9.86. The Kier molecular flexibility index (Phi) is 8.46. The monoisotopic (exact) mass is 208 g/mol. The lowest BCUT2D eigenvalue weighted by Gasteiger charge is -2.20. The third kappa shape index (κ3) is 4.24. The van der Waals surface area contributed by atoms with Crippen LogP contribution in [0.5, 0.6) is 0 Å². The van der Waals surface area contributed by atoms with Crippen molar-refractivity contribution in [1.82, 2.24) is 0 Å². The quantitative estimate of drug-likeness (QED) is 0.560. The van der Waals surface area contributed by atoms with Crippen molar-refractivity contribution in [2.75, 3.05) is 0 Å². The van der Waals surface area contributed by atoms with E-state index in [0.29, 0.717) is 0 Å². The van der Waals surface area contributed by atoms with E-state index in [2.05, 4.69) is 26.8 Å². The van der Waals surface area contributed by atoms with E-state index in [-0.39, 0.29) is 0 Å². The minimum absolute atomic E-state index is 1.22. The highest BCUT2D eigenvalue weighted by Crippen LogP contribution is 2.31. The normalized spacial score (nSPS) is 15.7. The molecule has 0 saturated heterocycles. The van der Waals surface area contributed by atoms with E-state index in [1.54, 1.807) is 16.7 Å². The summed E-state index contributed by atoms with van der Waals surface area (Å²) in [7, 11) is 0. The molecule has 0 N–H and O–H groups in total. The van der Waals surface area contributed by atoms with Crippen LogP contribution in [0.4, 0.5) is 0 Å². The molecule has 0 aromatic rings. The molecule has 0 nitrogen and oxygen atoms in total. The maximum atomic E-state index is 2.45. The summed E-state index contributed by atoms with van der Waals surface area (Å²) in [6.07, 6.45) is 10.1. The van der Waals surface area contributed by atoms with Gasteiger partial charge in [-0.2, -0.15) is 0 Å². The van der Waals surface area contributed by atoms with Gasteiger partial charge >= 0.3 is 0 Å². The second-order valence-electron chi connectivity index (χ2n) is 3.81. The minimum Gasteiger partial charge on any atom is -0.0807 e. The fourth-order valence-electron chi connectivity index (χ4n) is 2.26. The van der Waals surface area contributed by atoms with Crippen LogP contribution in [-0.4, -0.2) is 0 Å². The van der Waals surface area contributed by atoms with Gasteiger partial charge in [-0.25, -0.2) is 0 Å². The summed E-state index contributed by atoms with van der Waals surface area (Å²) in [6, 6.07) is 0. The summed E-state index contributed by atoms with van der Waals surface area (Å²) in [4.78, 5) is 0. The van der Waals surface area contributed by atoms with Gasteiger partial charge in [0.2, 0.25) is 0 Å². The second kappa shape index (κ2) is 8.76. The highest BCUT2D eigenvalue weighted by molar-refractivity contribution is 5.38. The fraction of sp³-hybridized carbons (Fsp3) is 0.733. The maximum absolute atomic E-state index is 2.45. The first kappa shape index (κ1) is 14.5. The van der Waals surface area contributed by atoms with Crippen LogP contribution in [0.2, 0.25) is 0 Å². The van der Waals surface area contributed by atoms with Gasteiger partial charge in [0.1, 0.15) is 0 Å². The molecule has 0 heteroatoms. The first-order valence-electron chi connectivity index (χ1n) is 6.73. The maximum Gasteiger partial charge on any atom is -0.0279 e.